The van der Waals surface area contributed by atoms with Crippen molar-refractivity contribution >= 4 is 21.6 Å². The lowest BCUT2D eigenvalue weighted by atomic mass is 10.1. The first kappa shape index (κ1) is 18.0. The quantitative estimate of drug-likeness (QED) is 0.802. The zero-order valence-electron chi connectivity index (χ0n) is 13.4. The minimum Gasteiger partial charge on any atom is -0.494 e. The Morgan fingerprint density at radius 3 is 2.42 bits per heavy atom. The molecule has 2 rings (SSSR count). The van der Waals surface area contributed by atoms with Crippen LogP contribution in [0.3, 0.4) is 0 Å². The second kappa shape index (κ2) is 7.94. The van der Waals surface area contributed by atoms with Gasteiger partial charge in [-0.25, -0.2) is 13.6 Å². The number of para-hydroxylation sites is 1. The molecular formula is C17H20N2O4S. The third-order valence-electron chi connectivity index (χ3n) is 3.36. The number of nitrogens with two attached hydrogens (primary N) is 1. The number of benzene rings is 2. The van der Waals surface area contributed by atoms with Crippen LogP contribution in [0.4, 0.5) is 5.69 Å². The first-order valence-corrected chi connectivity index (χ1v) is 9.08. The van der Waals surface area contributed by atoms with E-state index >= 15 is 0 Å². The molecule has 0 spiro atoms. The number of ether oxygens (including phenoxy) is 1. The van der Waals surface area contributed by atoms with Crippen LogP contribution in [0, 0.1) is 0 Å². The highest BCUT2D eigenvalue weighted by molar-refractivity contribution is 7.89. The summed E-state index contributed by atoms with van der Waals surface area (Å²) < 4.78 is 27.9. The fraction of sp³-hybridized carbons (Fsp3) is 0.235. The lowest BCUT2D eigenvalue weighted by Crippen LogP contribution is -2.14. The maximum atomic E-state index is 12.0. The van der Waals surface area contributed by atoms with E-state index in [1.165, 1.54) is 24.3 Å². The van der Waals surface area contributed by atoms with E-state index in [2.05, 4.69) is 5.32 Å². The number of carbonyl (C=O) groups is 1. The van der Waals surface area contributed by atoms with Crippen molar-refractivity contribution in [2.75, 3.05) is 11.9 Å². The lowest BCUT2D eigenvalue weighted by Gasteiger charge is -2.10. The molecule has 1 amide bonds. The van der Waals surface area contributed by atoms with E-state index in [-0.39, 0.29) is 10.8 Å². The fourth-order valence-electron chi connectivity index (χ4n) is 2.21. The molecule has 0 fully saturated rings. The molecule has 0 aliphatic heterocycles. The molecule has 2 aromatic rings. The third-order valence-corrected chi connectivity index (χ3v) is 4.29. The van der Waals surface area contributed by atoms with E-state index in [1.807, 2.05) is 31.2 Å². The average Bonchev–Trinajstić information content (AvgIpc) is 2.54. The van der Waals surface area contributed by atoms with Crippen LogP contribution in [0.2, 0.25) is 0 Å². The summed E-state index contributed by atoms with van der Waals surface area (Å²) in [4.78, 5) is 12.0. The van der Waals surface area contributed by atoms with Gasteiger partial charge in [-0.1, -0.05) is 18.2 Å². The van der Waals surface area contributed by atoms with E-state index in [4.69, 9.17) is 9.88 Å². The van der Waals surface area contributed by atoms with E-state index in [1.54, 1.807) is 0 Å². The molecular weight excluding hydrogens is 328 g/mol. The van der Waals surface area contributed by atoms with Gasteiger partial charge in [0.25, 0.3) is 0 Å². The van der Waals surface area contributed by atoms with Gasteiger partial charge < -0.3 is 10.1 Å². The Kier molecular flexibility index (Phi) is 5.94. The van der Waals surface area contributed by atoms with Crippen LogP contribution in [-0.4, -0.2) is 20.9 Å². The number of hydrogen-bond donors (Lipinski definition) is 2. The molecule has 0 saturated heterocycles. The molecule has 0 atom stereocenters. The highest BCUT2D eigenvalue weighted by Crippen LogP contribution is 2.20. The smallest absolute Gasteiger partial charge is 0.238 e. The van der Waals surface area contributed by atoms with Gasteiger partial charge in [-0.3, -0.25) is 4.79 Å². The predicted molar refractivity (Wildman–Crippen MR) is 92.4 cm³/mol. The molecule has 3 N–H and O–H groups in total. The molecule has 0 aromatic heterocycles. The summed E-state index contributed by atoms with van der Waals surface area (Å²) >= 11 is 0. The Morgan fingerprint density at radius 1 is 1.12 bits per heavy atom. The Bertz CT molecular complexity index is 802. The summed E-state index contributed by atoms with van der Waals surface area (Å²) in [5.74, 6) is 0.620. The highest BCUT2D eigenvalue weighted by atomic mass is 32.2. The summed E-state index contributed by atoms with van der Waals surface area (Å²) in [6, 6.07) is 13.3. The SMILES string of the molecule is CCOc1ccccc1CCC(=O)Nc1ccc(S(N)(=O)=O)cc1. The van der Waals surface area contributed by atoms with Crippen molar-refractivity contribution in [1.82, 2.24) is 0 Å². The second-order valence-corrected chi connectivity index (χ2v) is 6.72. The lowest BCUT2D eigenvalue weighted by molar-refractivity contribution is -0.116. The van der Waals surface area contributed by atoms with Crippen molar-refractivity contribution in [3.05, 3.63) is 54.1 Å². The van der Waals surface area contributed by atoms with Crippen molar-refractivity contribution < 1.29 is 17.9 Å². The van der Waals surface area contributed by atoms with Crippen molar-refractivity contribution in [2.24, 2.45) is 5.14 Å². The molecule has 0 bridgehead atoms. The Balaban J connectivity index is 1.94. The topological polar surface area (TPSA) is 98.5 Å². The number of aryl methyl sites for hydroxylation is 1. The van der Waals surface area contributed by atoms with Crippen molar-refractivity contribution in [2.45, 2.75) is 24.7 Å². The first-order chi connectivity index (χ1) is 11.4. The van der Waals surface area contributed by atoms with Gasteiger partial charge in [-0.15, -0.1) is 0 Å². The van der Waals surface area contributed by atoms with Crippen LogP contribution in [0.15, 0.2) is 53.4 Å². The van der Waals surface area contributed by atoms with Crippen molar-refractivity contribution in [1.29, 1.82) is 0 Å². The van der Waals surface area contributed by atoms with Gasteiger partial charge in [0.05, 0.1) is 11.5 Å². The summed E-state index contributed by atoms with van der Waals surface area (Å²) in [5, 5.41) is 7.76. The number of nitrogens with one attached hydrogen (secondary N) is 1. The summed E-state index contributed by atoms with van der Waals surface area (Å²) in [6.07, 6.45) is 0.846. The molecule has 24 heavy (non-hydrogen) atoms. The van der Waals surface area contributed by atoms with Gasteiger partial charge in [-0.05, 0) is 49.2 Å². The van der Waals surface area contributed by atoms with Crippen molar-refractivity contribution in [3.8, 4) is 5.75 Å². The minimum absolute atomic E-state index is 0.00569. The van der Waals surface area contributed by atoms with Crippen LogP contribution in [0.25, 0.3) is 0 Å². The second-order valence-electron chi connectivity index (χ2n) is 5.16. The average molecular weight is 348 g/mol. The normalized spacial score (nSPS) is 11.1. The fourth-order valence-corrected chi connectivity index (χ4v) is 2.72. The minimum atomic E-state index is -3.73. The molecule has 0 aliphatic carbocycles. The third kappa shape index (κ3) is 5.07. The Labute approximate surface area is 141 Å². The predicted octanol–water partition coefficient (Wildman–Crippen LogP) is 2.30. The highest BCUT2D eigenvalue weighted by Gasteiger charge is 2.09. The van der Waals surface area contributed by atoms with Gasteiger partial charge >= 0.3 is 0 Å². The van der Waals surface area contributed by atoms with E-state index in [9.17, 15) is 13.2 Å². The van der Waals surface area contributed by atoms with E-state index in [0.717, 1.165) is 11.3 Å². The number of primary sulfonamides is 1. The molecule has 2 aromatic carbocycles. The largest absolute Gasteiger partial charge is 0.494 e. The van der Waals surface area contributed by atoms with Crippen LogP contribution in [-0.2, 0) is 21.2 Å². The summed E-state index contributed by atoms with van der Waals surface area (Å²) in [6.45, 7) is 2.48. The Morgan fingerprint density at radius 2 is 1.79 bits per heavy atom. The number of anilines is 1. The van der Waals surface area contributed by atoms with Crippen LogP contribution < -0.4 is 15.2 Å². The molecule has 7 heteroatoms. The molecule has 128 valence electrons. The molecule has 0 unspecified atom stereocenters. The number of amides is 1. The van der Waals surface area contributed by atoms with Crippen LogP contribution in [0.5, 0.6) is 5.75 Å². The number of hydrogen-bond acceptors (Lipinski definition) is 4. The van der Waals surface area contributed by atoms with Gasteiger partial charge in [0.15, 0.2) is 0 Å². The number of rotatable bonds is 7. The monoisotopic (exact) mass is 348 g/mol. The number of sulfonamides is 1. The van der Waals surface area contributed by atoms with Gasteiger partial charge in [0.2, 0.25) is 15.9 Å². The maximum absolute atomic E-state index is 12.0. The van der Waals surface area contributed by atoms with Gasteiger partial charge in [-0.2, -0.15) is 0 Å². The molecule has 0 saturated carbocycles. The van der Waals surface area contributed by atoms with Gasteiger partial charge in [0, 0.05) is 12.1 Å². The van der Waals surface area contributed by atoms with Crippen LogP contribution in [0.1, 0.15) is 18.9 Å². The standard InChI is InChI=1S/C17H20N2O4S/c1-2-23-16-6-4-3-5-13(16)7-12-17(20)19-14-8-10-15(11-9-14)24(18,21)22/h3-6,8-11H,2,7,12H2,1H3,(H,19,20)(H2,18,21,22). The van der Waals surface area contributed by atoms with E-state index in [0.29, 0.717) is 25.1 Å². The van der Waals surface area contributed by atoms with E-state index < -0.39 is 10.0 Å². The van der Waals surface area contributed by atoms with Gasteiger partial charge in [0.1, 0.15) is 5.75 Å². The number of carbonyl (C=O) groups excluding carboxylic acids is 1. The zero-order valence-corrected chi connectivity index (χ0v) is 14.2. The summed E-state index contributed by atoms with van der Waals surface area (Å²) in [5.41, 5.74) is 1.49. The zero-order chi connectivity index (χ0) is 17.6. The summed E-state index contributed by atoms with van der Waals surface area (Å²) in [7, 11) is -3.73. The van der Waals surface area contributed by atoms with Crippen molar-refractivity contribution in [3.63, 3.8) is 0 Å². The molecule has 0 heterocycles. The van der Waals surface area contributed by atoms with Crippen LogP contribution >= 0.6 is 0 Å². The molecule has 0 aliphatic rings. The Hall–Kier alpha value is -2.38. The first-order valence-electron chi connectivity index (χ1n) is 7.53. The molecule has 6 nitrogen and oxygen atoms in total. The molecule has 0 radical (unpaired) electrons. The maximum Gasteiger partial charge on any atom is 0.238 e.